The third kappa shape index (κ3) is 5.20. The topological polar surface area (TPSA) is 93.6 Å². The molecule has 12 heteroatoms. The van der Waals surface area contributed by atoms with E-state index in [2.05, 4.69) is 15.5 Å². The van der Waals surface area contributed by atoms with Crippen molar-refractivity contribution in [3.63, 3.8) is 0 Å². The summed E-state index contributed by atoms with van der Waals surface area (Å²) in [5.41, 5.74) is -0.246. The molecule has 0 bridgehead atoms. The Balaban J connectivity index is 1.45. The lowest BCUT2D eigenvalue weighted by molar-refractivity contribution is -0.137. The van der Waals surface area contributed by atoms with Gasteiger partial charge >= 0.3 is 6.18 Å². The minimum absolute atomic E-state index is 0.0872. The first kappa shape index (κ1) is 21.2. The molecule has 1 amide bonds. The third-order valence-electron chi connectivity index (χ3n) is 4.41. The highest BCUT2D eigenvalue weighted by molar-refractivity contribution is 7.99. The molecule has 2 aromatic heterocycles. The van der Waals surface area contributed by atoms with Crippen molar-refractivity contribution >= 4 is 29.0 Å². The van der Waals surface area contributed by atoms with E-state index in [4.69, 9.17) is 13.6 Å². The average molecular weight is 454 g/mol. The Morgan fingerprint density at radius 2 is 2.00 bits per heavy atom. The SMILES string of the molecule is O=C(CSc1nnc(-c2ccco2)o1)Nc1cc(C(F)(F)F)ccc1N1CCOCC1. The van der Waals surface area contributed by atoms with E-state index >= 15 is 0 Å². The zero-order valence-corrected chi connectivity index (χ0v) is 16.8. The van der Waals surface area contributed by atoms with Gasteiger partial charge in [0.2, 0.25) is 5.91 Å². The Bertz CT molecular complexity index is 1030. The molecule has 0 saturated carbocycles. The number of morpholine rings is 1. The number of carbonyl (C=O) groups is 1. The number of nitrogens with zero attached hydrogens (tertiary/aromatic N) is 3. The molecule has 4 rings (SSSR count). The van der Waals surface area contributed by atoms with Gasteiger partial charge in [0.15, 0.2) is 5.76 Å². The molecule has 1 aliphatic rings. The van der Waals surface area contributed by atoms with Crippen molar-refractivity contribution in [1.82, 2.24) is 10.2 Å². The van der Waals surface area contributed by atoms with Crippen LogP contribution >= 0.6 is 11.8 Å². The molecule has 31 heavy (non-hydrogen) atoms. The molecule has 0 aliphatic carbocycles. The molecule has 1 fully saturated rings. The van der Waals surface area contributed by atoms with Crippen LogP contribution in [-0.4, -0.2) is 48.2 Å². The molecular weight excluding hydrogens is 437 g/mol. The number of amides is 1. The van der Waals surface area contributed by atoms with Crippen LogP contribution < -0.4 is 10.2 Å². The summed E-state index contributed by atoms with van der Waals surface area (Å²) in [6, 6.07) is 6.62. The Hall–Kier alpha value is -2.99. The number of anilines is 2. The van der Waals surface area contributed by atoms with Crippen molar-refractivity contribution in [2.75, 3.05) is 42.3 Å². The van der Waals surface area contributed by atoms with Gasteiger partial charge in [-0.25, -0.2) is 0 Å². The Morgan fingerprint density at radius 1 is 1.19 bits per heavy atom. The summed E-state index contributed by atoms with van der Waals surface area (Å²) < 4.78 is 55.4. The van der Waals surface area contributed by atoms with E-state index < -0.39 is 17.6 Å². The summed E-state index contributed by atoms with van der Waals surface area (Å²) in [5, 5.41) is 10.4. The van der Waals surface area contributed by atoms with Crippen molar-refractivity contribution in [3.05, 3.63) is 42.2 Å². The van der Waals surface area contributed by atoms with Crippen LogP contribution in [0.25, 0.3) is 11.7 Å². The highest BCUT2D eigenvalue weighted by Crippen LogP contribution is 2.36. The van der Waals surface area contributed by atoms with Crippen LogP contribution in [0.1, 0.15) is 5.56 Å². The van der Waals surface area contributed by atoms with Crippen LogP contribution in [-0.2, 0) is 15.7 Å². The van der Waals surface area contributed by atoms with Crippen molar-refractivity contribution in [2.45, 2.75) is 11.4 Å². The number of alkyl halides is 3. The highest BCUT2D eigenvalue weighted by atomic mass is 32.2. The standard InChI is InChI=1S/C19H17F3N4O4S/c20-19(21,22)12-3-4-14(26-5-8-28-9-6-26)13(10-12)23-16(27)11-31-18-25-24-17(30-18)15-2-1-7-29-15/h1-4,7,10H,5-6,8-9,11H2,(H,23,27). The van der Waals surface area contributed by atoms with Gasteiger partial charge in [-0.05, 0) is 30.3 Å². The van der Waals surface area contributed by atoms with Gasteiger partial charge < -0.3 is 23.8 Å². The molecule has 1 aromatic carbocycles. The second-order valence-electron chi connectivity index (χ2n) is 6.52. The molecule has 3 aromatic rings. The van der Waals surface area contributed by atoms with Crippen LogP contribution in [0.15, 0.2) is 50.7 Å². The lowest BCUT2D eigenvalue weighted by Gasteiger charge is -2.31. The minimum Gasteiger partial charge on any atom is -0.459 e. The molecule has 0 spiro atoms. The smallest absolute Gasteiger partial charge is 0.416 e. The zero-order chi connectivity index (χ0) is 21.8. The molecule has 0 atom stereocenters. The molecule has 3 heterocycles. The summed E-state index contributed by atoms with van der Waals surface area (Å²) in [5.74, 6) is -0.0709. The van der Waals surface area contributed by atoms with E-state index in [0.717, 1.165) is 23.9 Å². The zero-order valence-electron chi connectivity index (χ0n) is 16.0. The Morgan fingerprint density at radius 3 is 2.71 bits per heavy atom. The third-order valence-corrected chi connectivity index (χ3v) is 5.23. The predicted octanol–water partition coefficient (Wildman–Crippen LogP) is 3.92. The number of halogens is 3. The fourth-order valence-corrected chi connectivity index (χ4v) is 3.54. The number of nitrogens with one attached hydrogen (secondary N) is 1. The number of furan rings is 1. The maximum atomic E-state index is 13.2. The number of hydrogen-bond donors (Lipinski definition) is 1. The van der Waals surface area contributed by atoms with Crippen molar-refractivity contribution in [3.8, 4) is 11.7 Å². The van der Waals surface area contributed by atoms with Crippen molar-refractivity contribution < 1.29 is 31.5 Å². The monoisotopic (exact) mass is 454 g/mol. The summed E-state index contributed by atoms with van der Waals surface area (Å²) in [7, 11) is 0. The Labute approximate surface area is 178 Å². The summed E-state index contributed by atoms with van der Waals surface area (Å²) in [6.45, 7) is 1.94. The van der Waals surface area contributed by atoms with Gasteiger partial charge in [0, 0.05) is 13.1 Å². The van der Waals surface area contributed by atoms with Crippen LogP contribution in [0.2, 0.25) is 0 Å². The number of benzene rings is 1. The van der Waals surface area contributed by atoms with Gasteiger partial charge in [-0.1, -0.05) is 11.8 Å². The normalized spacial score (nSPS) is 14.6. The second kappa shape index (κ2) is 9.02. The van der Waals surface area contributed by atoms with Gasteiger partial charge in [0.1, 0.15) is 0 Å². The quantitative estimate of drug-likeness (QED) is 0.561. The fourth-order valence-electron chi connectivity index (χ4n) is 2.97. The lowest BCUT2D eigenvalue weighted by Crippen LogP contribution is -2.37. The van der Waals surface area contributed by atoms with Gasteiger partial charge in [0.05, 0.1) is 42.2 Å². The molecule has 164 valence electrons. The molecule has 1 N–H and O–H groups in total. The van der Waals surface area contributed by atoms with E-state index in [0.29, 0.717) is 37.8 Å². The fraction of sp³-hybridized carbons (Fsp3) is 0.316. The largest absolute Gasteiger partial charge is 0.459 e. The summed E-state index contributed by atoms with van der Waals surface area (Å²) in [4.78, 5) is 14.3. The summed E-state index contributed by atoms with van der Waals surface area (Å²) >= 11 is 0.967. The van der Waals surface area contributed by atoms with Crippen LogP contribution in [0.5, 0.6) is 0 Å². The molecule has 1 aliphatic heterocycles. The molecule has 0 radical (unpaired) electrons. The summed E-state index contributed by atoms with van der Waals surface area (Å²) in [6.07, 6.45) is -3.06. The molecular formula is C19H17F3N4O4S. The van der Waals surface area contributed by atoms with Crippen LogP contribution in [0.3, 0.4) is 0 Å². The van der Waals surface area contributed by atoms with E-state index in [-0.39, 0.29) is 22.6 Å². The number of thioether (sulfide) groups is 1. The second-order valence-corrected chi connectivity index (χ2v) is 7.44. The molecule has 8 nitrogen and oxygen atoms in total. The van der Waals surface area contributed by atoms with E-state index in [9.17, 15) is 18.0 Å². The number of aromatic nitrogens is 2. The van der Waals surface area contributed by atoms with Crippen LogP contribution in [0.4, 0.5) is 24.5 Å². The number of rotatable bonds is 6. The van der Waals surface area contributed by atoms with E-state index in [1.807, 2.05) is 4.90 Å². The first-order chi connectivity index (χ1) is 14.9. The maximum absolute atomic E-state index is 13.2. The number of hydrogen-bond acceptors (Lipinski definition) is 8. The van der Waals surface area contributed by atoms with Crippen LogP contribution in [0, 0.1) is 0 Å². The number of carbonyl (C=O) groups excluding carboxylic acids is 1. The van der Waals surface area contributed by atoms with E-state index in [1.54, 1.807) is 12.1 Å². The first-order valence-electron chi connectivity index (χ1n) is 9.24. The number of ether oxygens (including phenoxy) is 1. The van der Waals surface area contributed by atoms with Crippen molar-refractivity contribution in [1.29, 1.82) is 0 Å². The first-order valence-corrected chi connectivity index (χ1v) is 10.2. The van der Waals surface area contributed by atoms with E-state index in [1.165, 1.54) is 12.3 Å². The molecule has 1 saturated heterocycles. The predicted molar refractivity (Wildman–Crippen MR) is 106 cm³/mol. The van der Waals surface area contributed by atoms with Gasteiger partial charge in [0.25, 0.3) is 11.1 Å². The van der Waals surface area contributed by atoms with Gasteiger partial charge in [-0.2, -0.15) is 13.2 Å². The average Bonchev–Trinajstić information content (AvgIpc) is 3.44. The lowest BCUT2D eigenvalue weighted by atomic mass is 10.1. The van der Waals surface area contributed by atoms with Gasteiger partial charge in [-0.3, -0.25) is 4.79 Å². The van der Waals surface area contributed by atoms with Gasteiger partial charge in [-0.15, -0.1) is 10.2 Å². The molecule has 0 unspecified atom stereocenters. The maximum Gasteiger partial charge on any atom is 0.416 e. The Kier molecular flexibility index (Phi) is 6.18. The highest BCUT2D eigenvalue weighted by Gasteiger charge is 2.32. The van der Waals surface area contributed by atoms with Crippen molar-refractivity contribution in [2.24, 2.45) is 0 Å². The minimum atomic E-state index is -4.52.